The maximum absolute atomic E-state index is 13.6. The van der Waals surface area contributed by atoms with Gasteiger partial charge in [-0.3, -0.25) is 4.79 Å². The molecule has 0 aromatic heterocycles. The molecule has 218 valence electrons. The topological polar surface area (TPSA) is 43.4 Å². The van der Waals surface area contributed by atoms with Crippen molar-refractivity contribution in [3.8, 4) is 0 Å². The number of hydrogen-bond donors (Lipinski definition) is 0. The lowest BCUT2D eigenvalue weighted by Crippen LogP contribution is -2.76. The van der Waals surface area contributed by atoms with Gasteiger partial charge in [0.2, 0.25) is 5.78 Å². The van der Waals surface area contributed by atoms with Crippen LogP contribution in [-0.4, -0.2) is 71.9 Å². The average molecular weight is 596 g/mol. The fraction of sp³-hybridized carbons (Fsp3) is 0.733. The summed E-state index contributed by atoms with van der Waals surface area (Å²) >= 11 is 0. The first-order chi connectivity index (χ1) is 15.9. The van der Waals surface area contributed by atoms with Crippen LogP contribution in [0.3, 0.4) is 0 Å². The second-order valence-corrected chi connectivity index (χ2v) is 6.64. The second kappa shape index (κ2) is 9.38. The standard InChI is InChI=1S/C15H7F19O3/c1-2-6(36)37-4-3-5(35)7(16,17)8(18,19)9(20,21)10(22,23)11(24,25)12(26,27)13(28,29)14(30,31)15(32,33)34/h2H,1,3-4H2. The van der Waals surface area contributed by atoms with Crippen molar-refractivity contribution in [1.29, 1.82) is 0 Å². The fourth-order valence-electron chi connectivity index (χ4n) is 2.00. The summed E-state index contributed by atoms with van der Waals surface area (Å²) in [6, 6.07) is 0. The molecule has 0 heterocycles. The number of alkyl halides is 19. The Hall–Kier alpha value is -2.45. The monoisotopic (exact) mass is 596 g/mol. The lowest BCUT2D eigenvalue weighted by Gasteiger charge is -2.43. The molecule has 22 heteroatoms. The van der Waals surface area contributed by atoms with Crippen molar-refractivity contribution in [3.63, 3.8) is 0 Å². The SMILES string of the molecule is C=CC(=O)OCCC(=O)C(F)(F)C(F)(F)C(F)(F)C(F)(F)C(F)(F)C(F)(F)C(F)(F)C(F)(F)C(F)(F)F. The highest BCUT2D eigenvalue weighted by molar-refractivity contribution is 5.87. The quantitative estimate of drug-likeness (QED) is 0.151. The molecule has 0 saturated carbocycles. The summed E-state index contributed by atoms with van der Waals surface area (Å²) in [6.45, 7) is 0.971. The average Bonchev–Trinajstić information content (AvgIpc) is 2.71. The molecular weight excluding hydrogens is 589 g/mol. The molecule has 0 atom stereocenters. The number of carbonyl (C=O) groups excluding carboxylic acids is 2. The van der Waals surface area contributed by atoms with E-state index in [-0.39, 0.29) is 6.08 Å². The van der Waals surface area contributed by atoms with E-state index < -0.39 is 78.3 Å². The molecule has 0 spiro atoms. The van der Waals surface area contributed by atoms with Gasteiger partial charge in [-0.1, -0.05) is 6.58 Å². The van der Waals surface area contributed by atoms with Crippen LogP contribution in [0.2, 0.25) is 0 Å². The summed E-state index contributed by atoms with van der Waals surface area (Å²) in [5.41, 5.74) is 0. The molecular formula is C15H7F19O3. The molecule has 0 saturated heterocycles. The Morgan fingerprint density at radius 2 is 0.838 bits per heavy atom. The predicted octanol–water partition coefficient (Wildman–Crippen LogP) is 6.32. The number of esters is 1. The Labute approximate surface area is 190 Å². The van der Waals surface area contributed by atoms with Crippen LogP contribution in [0.1, 0.15) is 6.42 Å². The number of halogens is 19. The van der Waals surface area contributed by atoms with Crippen LogP contribution >= 0.6 is 0 Å². The molecule has 3 nitrogen and oxygen atoms in total. The van der Waals surface area contributed by atoms with E-state index >= 15 is 0 Å². The van der Waals surface area contributed by atoms with Crippen molar-refractivity contribution in [2.75, 3.05) is 6.61 Å². The number of hydrogen-bond acceptors (Lipinski definition) is 3. The number of rotatable bonds is 12. The number of carbonyl (C=O) groups is 2. The van der Waals surface area contributed by atoms with E-state index in [1.807, 2.05) is 0 Å². The number of Topliss-reactive ketones (excluding diaryl/α,β-unsaturated/α-hetero) is 1. The van der Waals surface area contributed by atoms with Gasteiger partial charge in [0.1, 0.15) is 0 Å². The summed E-state index contributed by atoms with van der Waals surface area (Å²) in [4.78, 5) is 21.7. The van der Waals surface area contributed by atoms with Crippen LogP contribution in [0.4, 0.5) is 83.4 Å². The van der Waals surface area contributed by atoms with Crippen LogP contribution in [0.15, 0.2) is 12.7 Å². The van der Waals surface area contributed by atoms with Crippen LogP contribution in [0.25, 0.3) is 0 Å². The summed E-state index contributed by atoms with van der Waals surface area (Å²) in [6.07, 6.45) is -10.0. The highest BCUT2D eigenvalue weighted by atomic mass is 19.4. The van der Waals surface area contributed by atoms with Crippen LogP contribution in [0, 0.1) is 0 Å². The molecule has 37 heavy (non-hydrogen) atoms. The maximum Gasteiger partial charge on any atom is 0.460 e. The van der Waals surface area contributed by atoms with Gasteiger partial charge in [0.05, 0.1) is 6.61 Å². The molecule has 0 bridgehead atoms. The molecule has 0 aliphatic rings. The number of ketones is 1. The van der Waals surface area contributed by atoms with Gasteiger partial charge < -0.3 is 4.74 Å². The Bertz CT molecular complexity index is 886. The molecule has 0 amide bonds. The third-order valence-electron chi connectivity index (χ3n) is 4.21. The van der Waals surface area contributed by atoms with Gasteiger partial charge in [0, 0.05) is 12.5 Å². The lowest BCUT2D eigenvalue weighted by atomic mass is 9.86. The van der Waals surface area contributed by atoms with E-state index in [1.165, 1.54) is 0 Å². The molecule has 0 fully saturated rings. The van der Waals surface area contributed by atoms with Gasteiger partial charge in [-0.15, -0.1) is 0 Å². The van der Waals surface area contributed by atoms with Crippen molar-refractivity contribution >= 4 is 11.8 Å². The molecule has 0 rings (SSSR count). The first kappa shape index (κ1) is 34.6. The van der Waals surface area contributed by atoms with Gasteiger partial charge in [-0.2, -0.15) is 83.4 Å². The van der Waals surface area contributed by atoms with Gasteiger partial charge in [-0.25, -0.2) is 4.79 Å². The summed E-state index contributed by atoms with van der Waals surface area (Å²) in [5, 5.41) is 0. The van der Waals surface area contributed by atoms with Crippen molar-refractivity contribution < 1.29 is 97.7 Å². The molecule has 0 aromatic rings. The normalized spacial score (nSPS) is 15.4. The minimum absolute atomic E-state index is 0.242. The summed E-state index contributed by atoms with van der Waals surface area (Å²) in [5.74, 6) is -73.7. The van der Waals surface area contributed by atoms with Crippen LogP contribution < -0.4 is 0 Å². The van der Waals surface area contributed by atoms with Gasteiger partial charge in [0.25, 0.3) is 0 Å². The summed E-state index contributed by atoms with van der Waals surface area (Å²) in [7, 11) is 0. The van der Waals surface area contributed by atoms with E-state index in [9.17, 15) is 93.0 Å². The van der Waals surface area contributed by atoms with Gasteiger partial charge >= 0.3 is 59.5 Å². The van der Waals surface area contributed by atoms with E-state index in [1.54, 1.807) is 0 Å². The van der Waals surface area contributed by atoms with Gasteiger partial charge in [-0.05, 0) is 0 Å². The highest BCUT2D eigenvalue weighted by Gasteiger charge is 2.97. The zero-order chi connectivity index (χ0) is 30.5. The predicted molar refractivity (Wildman–Crippen MR) is 76.4 cm³/mol. The Balaban J connectivity index is 6.68. The third kappa shape index (κ3) is 4.78. The number of ether oxygens (including phenoxy) is 1. The van der Waals surface area contributed by atoms with Crippen molar-refractivity contribution in [3.05, 3.63) is 12.7 Å². The highest BCUT2D eigenvalue weighted by Crippen LogP contribution is 2.65. The Morgan fingerprint density at radius 3 is 1.14 bits per heavy atom. The van der Waals surface area contributed by atoms with E-state index in [0.29, 0.717) is 0 Å². The molecule has 0 aromatic carbocycles. The Morgan fingerprint density at radius 1 is 0.541 bits per heavy atom. The molecule has 0 unspecified atom stereocenters. The first-order valence-electron chi connectivity index (χ1n) is 8.29. The largest absolute Gasteiger partial charge is 0.462 e. The smallest absolute Gasteiger partial charge is 0.460 e. The summed E-state index contributed by atoms with van der Waals surface area (Å²) < 4.78 is 253. The Kier molecular flexibility index (Phi) is 8.76. The van der Waals surface area contributed by atoms with Crippen molar-refractivity contribution in [2.24, 2.45) is 0 Å². The maximum atomic E-state index is 13.6. The lowest BCUT2D eigenvalue weighted by molar-refractivity contribution is -0.467. The van der Waals surface area contributed by atoms with E-state index in [0.717, 1.165) is 0 Å². The van der Waals surface area contributed by atoms with Crippen LogP contribution in [0.5, 0.6) is 0 Å². The zero-order valence-electron chi connectivity index (χ0n) is 16.6. The van der Waals surface area contributed by atoms with Crippen molar-refractivity contribution in [1.82, 2.24) is 0 Å². The van der Waals surface area contributed by atoms with Crippen LogP contribution in [-0.2, 0) is 14.3 Å². The first-order valence-corrected chi connectivity index (χ1v) is 8.29. The fourth-order valence-corrected chi connectivity index (χ4v) is 2.00. The third-order valence-corrected chi connectivity index (χ3v) is 4.21. The minimum atomic E-state index is -9.07. The second-order valence-electron chi connectivity index (χ2n) is 6.64. The van der Waals surface area contributed by atoms with Crippen molar-refractivity contribution in [2.45, 2.75) is 60.0 Å². The molecule has 0 N–H and O–H groups in total. The minimum Gasteiger partial charge on any atom is -0.462 e. The molecule has 0 aliphatic carbocycles. The zero-order valence-corrected chi connectivity index (χ0v) is 16.6. The van der Waals surface area contributed by atoms with Gasteiger partial charge in [0.15, 0.2) is 0 Å². The molecule has 0 radical (unpaired) electrons. The van der Waals surface area contributed by atoms with E-state index in [4.69, 9.17) is 0 Å². The van der Waals surface area contributed by atoms with E-state index in [2.05, 4.69) is 11.3 Å². The molecule has 0 aliphatic heterocycles.